The van der Waals surface area contributed by atoms with Gasteiger partial charge < -0.3 is 4.52 Å². The first-order valence-corrected chi connectivity index (χ1v) is 10.6. The molecule has 0 spiro atoms. The summed E-state index contributed by atoms with van der Waals surface area (Å²) in [6.07, 6.45) is 3.26. The van der Waals surface area contributed by atoms with Crippen LogP contribution in [0.25, 0.3) is 0 Å². The van der Waals surface area contributed by atoms with Gasteiger partial charge in [0.05, 0.1) is 12.6 Å². The van der Waals surface area contributed by atoms with E-state index < -0.39 is 7.52 Å². The van der Waals surface area contributed by atoms with E-state index in [0.29, 0.717) is 12.8 Å². The number of rotatable bonds is 6. The zero-order chi connectivity index (χ0) is 17.7. The van der Waals surface area contributed by atoms with Crippen LogP contribution in [0.2, 0.25) is 0 Å². The van der Waals surface area contributed by atoms with Gasteiger partial charge in [-0.15, -0.1) is 6.58 Å². The average molecular weight is 355 g/mol. The molecule has 1 saturated heterocycles. The van der Waals surface area contributed by atoms with Crippen LogP contribution in [0.3, 0.4) is 0 Å². The summed E-state index contributed by atoms with van der Waals surface area (Å²) < 4.78 is 21.8. The highest BCUT2D eigenvalue weighted by atomic mass is 31.2. The molecule has 2 aromatic rings. The summed E-state index contributed by atoms with van der Waals surface area (Å²) in [6.45, 7) is 7.23. The van der Waals surface area contributed by atoms with Gasteiger partial charge in [-0.3, -0.25) is 4.57 Å². The largest absolute Gasteiger partial charge is 0.317 e. The maximum atomic E-state index is 13.8. The zero-order valence-electron chi connectivity index (χ0n) is 14.8. The van der Waals surface area contributed by atoms with Crippen LogP contribution in [0.1, 0.15) is 30.5 Å². The van der Waals surface area contributed by atoms with Crippen molar-refractivity contribution in [3.05, 3.63) is 84.4 Å². The standard InChI is InChI=1S/C21H26NO2P/c1-3-18(2)17-25(23)22(15-10-16-24-25)21(19-11-6-4-7-12-19)20-13-8-5-9-14-20/h3-9,11-14,18,21H,1,10,15-17H2,2H3/t18-,25-/m1/s1. The monoisotopic (exact) mass is 355 g/mol. The smallest absolute Gasteiger partial charge is 0.273 e. The molecule has 3 rings (SSSR count). The maximum absolute atomic E-state index is 13.8. The lowest BCUT2D eigenvalue weighted by molar-refractivity contribution is 0.187. The summed E-state index contributed by atoms with van der Waals surface area (Å²) in [7, 11) is -2.92. The molecule has 1 fully saturated rings. The lowest BCUT2D eigenvalue weighted by Gasteiger charge is -2.41. The molecule has 132 valence electrons. The van der Waals surface area contributed by atoms with Crippen LogP contribution in [-0.2, 0) is 9.09 Å². The minimum absolute atomic E-state index is 0.0643. The van der Waals surface area contributed by atoms with Crippen molar-refractivity contribution in [2.45, 2.75) is 19.4 Å². The molecule has 25 heavy (non-hydrogen) atoms. The van der Waals surface area contributed by atoms with Crippen LogP contribution in [0.4, 0.5) is 0 Å². The Morgan fingerprint density at radius 1 is 1.12 bits per heavy atom. The second kappa shape index (κ2) is 8.14. The van der Waals surface area contributed by atoms with Gasteiger partial charge in [0.25, 0.3) is 7.52 Å². The van der Waals surface area contributed by atoms with E-state index in [1.807, 2.05) is 49.4 Å². The quantitative estimate of drug-likeness (QED) is 0.505. The van der Waals surface area contributed by atoms with E-state index in [4.69, 9.17) is 4.52 Å². The molecule has 1 aliphatic rings. The van der Waals surface area contributed by atoms with E-state index in [0.717, 1.165) is 24.1 Å². The van der Waals surface area contributed by atoms with Crippen LogP contribution in [0.15, 0.2) is 73.3 Å². The predicted molar refractivity (Wildman–Crippen MR) is 104 cm³/mol. The fourth-order valence-electron chi connectivity index (χ4n) is 3.37. The van der Waals surface area contributed by atoms with Crippen molar-refractivity contribution in [2.24, 2.45) is 5.92 Å². The van der Waals surface area contributed by atoms with Crippen LogP contribution >= 0.6 is 7.52 Å². The van der Waals surface area contributed by atoms with Crippen molar-refractivity contribution in [1.29, 1.82) is 0 Å². The molecule has 0 aromatic heterocycles. The second-order valence-electron chi connectivity index (χ2n) is 6.61. The molecule has 0 saturated carbocycles. The summed E-state index contributed by atoms with van der Waals surface area (Å²) in [5, 5.41) is 0. The maximum Gasteiger partial charge on any atom is 0.273 e. The minimum Gasteiger partial charge on any atom is -0.317 e. The van der Waals surface area contributed by atoms with E-state index >= 15 is 0 Å². The predicted octanol–water partition coefficient (Wildman–Crippen LogP) is 5.51. The van der Waals surface area contributed by atoms with E-state index in [1.54, 1.807) is 0 Å². The molecule has 1 aliphatic heterocycles. The molecule has 0 bridgehead atoms. The first-order valence-electron chi connectivity index (χ1n) is 8.87. The summed E-state index contributed by atoms with van der Waals surface area (Å²) in [5.74, 6) is 0.152. The average Bonchev–Trinajstić information content (AvgIpc) is 2.65. The zero-order valence-corrected chi connectivity index (χ0v) is 15.6. The molecule has 0 radical (unpaired) electrons. The lowest BCUT2D eigenvalue weighted by Crippen LogP contribution is -2.34. The molecule has 0 unspecified atom stereocenters. The fourth-order valence-corrected chi connectivity index (χ4v) is 6.19. The van der Waals surface area contributed by atoms with E-state index in [1.165, 1.54) is 0 Å². The molecule has 2 atom stereocenters. The van der Waals surface area contributed by atoms with E-state index in [2.05, 4.69) is 35.5 Å². The summed E-state index contributed by atoms with van der Waals surface area (Å²) in [4.78, 5) is 0. The number of benzene rings is 2. The van der Waals surface area contributed by atoms with Gasteiger partial charge in [-0.1, -0.05) is 73.7 Å². The highest BCUT2D eigenvalue weighted by molar-refractivity contribution is 7.56. The van der Waals surface area contributed by atoms with Gasteiger partial charge in [-0.2, -0.15) is 0 Å². The SMILES string of the molecule is C=C[C@@H](C)C[P@@]1(=O)OCCCN1C(c1ccccc1)c1ccccc1. The molecular weight excluding hydrogens is 329 g/mol. The highest BCUT2D eigenvalue weighted by Gasteiger charge is 2.41. The molecule has 0 amide bonds. The number of hydrogen-bond donors (Lipinski definition) is 0. The lowest BCUT2D eigenvalue weighted by atomic mass is 9.98. The Morgan fingerprint density at radius 3 is 2.20 bits per heavy atom. The van der Waals surface area contributed by atoms with Crippen LogP contribution in [-0.4, -0.2) is 24.0 Å². The third kappa shape index (κ3) is 4.12. The Balaban J connectivity index is 2.04. The summed E-state index contributed by atoms with van der Waals surface area (Å²) in [6, 6.07) is 20.5. The third-order valence-corrected chi connectivity index (χ3v) is 7.50. The molecule has 0 N–H and O–H groups in total. The molecule has 4 heteroatoms. The Hall–Kier alpha value is -1.67. The van der Waals surface area contributed by atoms with Gasteiger partial charge in [-0.25, -0.2) is 4.67 Å². The van der Waals surface area contributed by atoms with E-state index in [-0.39, 0.29) is 12.0 Å². The summed E-state index contributed by atoms with van der Waals surface area (Å²) >= 11 is 0. The first kappa shape index (κ1) is 18.1. The Kier molecular flexibility index (Phi) is 5.90. The van der Waals surface area contributed by atoms with Gasteiger partial charge >= 0.3 is 0 Å². The highest BCUT2D eigenvalue weighted by Crippen LogP contribution is 2.59. The number of hydrogen-bond acceptors (Lipinski definition) is 2. The van der Waals surface area contributed by atoms with Crippen LogP contribution in [0.5, 0.6) is 0 Å². The third-order valence-electron chi connectivity index (χ3n) is 4.67. The van der Waals surface area contributed by atoms with Crippen molar-refractivity contribution in [2.75, 3.05) is 19.3 Å². The Morgan fingerprint density at radius 2 is 1.68 bits per heavy atom. The summed E-state index contributed by atoms with van der Waals surface area (Å²) in [5.41, 5.74) is 2.29. The van der Waals surface area contributed by atoms with Gasteiger partial charge in [0.15, 0.2) is 0 Å². The van der Waals surface area contributed by atoms with Crippen molar-refractivity contribution in [3.8, 4) is 0 Å². The second-order valence-corrected chi connectivity index (χ2v) is 9.02. The minimum atomic E-state index is -2.92. The van der Waals surface area contributed by atoms with Gasteiger partial charge in [0, 0.05) is 12.7 Å². The van der Waals surface area contributed by atoms with Crippen LogP contribution < -0.4 is 0 Å². The Bertz CT molecular complexity index is 693. The van der Waals surface area contributed by atoms with Gasteiger partial charge in [0.2, 0.25) is 0 Å². The van der Waals surface area contributed by atoms with Gasteiger partial charge in [-0.05, 0) is 23.5 Å². The van der Waals surface area contributed by atoms with Crippen molar-refractivity contribution in [3.63, 3.8) is 0 Å². The van der Waals surface area contributed by atoms with Crippen molar-refractivity contribution < 1.29 is 9.09 Å². The molecule has 2 aromatic carbocycles. The van der Waals surface area contributed by atoms with Crippen LogP contribution in [0, 0.1) is 5.92 Å². The molecule has 3 nitrogen and oxygen atoms in total. The van der Waals surface area contributed by atoms with E-state index in [9.17, 15) is 4.57 Å². The van der Waals surface area contributed by atoms with Crippen molar-refractivity contribution in [1.82, 2.24) is 4.67 Å². The van der Waals surface area contributed by atoms with Gasteiger partial charge in [0.1, 0.15) is 0 Å². The normalized spacial score (nSPS) is 22.6. The Labute approximate surface area is 150 Å². The van der Waals surface area contributed by atoms with Crippen molar-refractivity contribution >= 4 is 7.52 Å². The topological polar surface area (TPSA) is 29.5 Å². The fraction of sp³-hybridized carbons (Fsp3) is 0.333. The first-order chi connectivity index (χ1) is 12.1. The molecular formula is C21H26NO2P. The number of allylic oxidation sites excluding steroid dienone is 1. The molecule has 1 heterocycles. The molecule has 0 aliphatic carbocycles. The number of nitrogens with zero attached hydrogens (tertiary/aromatic N) is 1.